The van der Waals surface area contributed by atoms with Gasteiger partial charge in [0, 0.05) is 34.6 Å². The molecule has 0 saturated carbocycles. The smallest absolute Gasteiger partial charge is 0.509 e. The molecule has 0 spiro atoms. The van der Waals surface area contributed by atoms with Gasteiger partial charge in [-0.25, -0.2) is 13.6 Å². The molecule has 3 fully saturated rings. The monoisotopic (exact) mass is 627 g/mol. The van der Waals surface area contributed by atoms with Gasteiger partial charge in [0.05, 0.1) is 18.0 Å². The molecule has 4 heterocycles. The van der Waals surface area contributed by atoms with E-state index in [-0.39, 0.29) is 28.7 Å². The van der Waals surface area contributed by atoms with Gasteiger partial charge in [0.1, 0.15) is 24.7 Å². The number of nitrogens with zero attached hydrogens (tertiary/aromatic N) is 1. The maximum absolute atomic E-state index is 14.0. The highest BCUT2D eigenvalue weighted by atomic mass is 79.9. The predicted molar refractivity (Wildman–Crippen MR) is 145 cm³/mol. The molecule has 1 atom stereocenters. The maximum Gasteiger partial charge on any atom is 0.509 e. The number of rotatable bonds is 7. The number of quaternary nitrogens is 1. The Morgan fingerprint density at radius 3 is 2.17 bits per heavy atom. The van der Waals surface area contributed by atoms with Crippen molar-refractivity contribution in [2.45, 2.75) is 25.0 Å². The molecular weight excluding hydrogens is 600 g/mol. The second-order valence-electron chi connectivity index (χ2n) is 10.6. The van der Waals surface area contributed by atoms with Crippen LogP contribution in [0.15, 0.2) is 78.9 Å². The first-order valence-electron chi connectivity index (χ1n) is 13.1. The molecule has 1 aromatic heterocycles. The molecule has 0 aliphatic carbocycles. The summed E-state index contributed by atoms with van der Waals surface area (Å²) < 4.78 is 41.2. The Hall–Kier alpha value is -3.14. The van der Waals surface area contributed by atoms with Crippen molar-refractivity contribution in [3.63, 3.8) is 0 Å². The van der Waals surface area contributed by atoms with Crippen LogP contribution in [0.5, 0.6) is 0 Å². The fraction of sp³-hybridized carbons (Fsp3) is 0.290. The lowest BCUT2D eigenvalue weighted by Gasteiger charge is -2.51. The van der Waals surface area contributed by atoms with Crippen LogP contribution in [-0.2, 0) is 9.47 Å². The van der Waals surface area contributed by atoms with Gasteiger partial charge >= 0.3 is 6.16 Å². The fourth-order valence-electron chi connectivity index (χ4n) is 5.99. The summed E-state index contributed by atoms with van der Waals surface area (Å²) in [5, 5.41) is 1.07. The number of carbonyl (C=O) groups is 2. The summed E-state index contributed by atoms with van der Waals surface area (Å²) in [4.78, 5) is 27.1. The van der Waals surface area contributed by atoms with Gasteiger partial charge in [-0.3, -0.25) is 4.79 Å². The van der Waals surface area contributed by atoms with Crippen LogP contribution in [0.25, 0.3) is 10.1 Å². The molecule has 0 unspecified atom stereocenters. The normalized spacial score (nSPS) is 21.7. The molecule has 9 heteroatoms. The lowest BCUT2D eigenvalue weighted by molar-refractivity contribution is -0.938. The average molecular weight is 629 g/mol. The van der Waals surface area contributed by atoms with Gasteiger partial charge < -0.3 is 30.9 Å². The maximum atomic E-state index is 14.0. The minimum atomic E-state index is -1.03. The van der Waals surface area contributed by atoms with E-state index in [0.717, 1.165) is 40.9 Å². The molecule has 0 amide bonds. The zero-order valence-electron chi connectivity index (χ0n) is 21.6. The first kappa shape index (κ1) is 28.4. The SMILES string of the molecule is O=C(OC(c1cccc(F)c1)c1cccc(F)c1)O[C@H]1C[N+]2(CC(=O)c3cc4ccccc4s3)CCC1CC2.[Br-]. The highest BCUT2D eigenvalue weighted by Crippen LogP contribution is 2.37. The Bertz CT molecular complexity index is 1460. The first-order valence-corrected chi connectivity index (χ1v) is 13.9. The van der Waals surface area contributed by atoms with Crippen LogP contribution in [-0.4, -0.2) is 48.7 Å². The molecule has 208 valence electrons. The van der Waals surface area contributed by atoms with Crippen LogP contribution in [0.1, 0.15) is 39.7 Å². The molecule has 4 aromatic rings. The van der Waals surface area contributed by atoms with Crippen molar-refractivity contribution in [2.24, 2.45) is 5.92 Å². The van der Waals surface area contributed by atoms with E-state index in [1.807, 2.05) is 30.3 Å². The van der Waals surface area contributed by atoms with E-state index in [1.165, 1.54) is 47.7 Å². The zero-order chi connectivity index (χ0) is 27.0. The molecule has 5 nitrogen and oxygen atoms in total. The quantitative estimate of drug-likeness (QED) is 0.177. The van der Waals surface area contributed by atoms with Crippen molar-refractivity contribution < 1.29 is 49.3 Å². The summed E-state index contributed by atoms with van der Waals surface area (Å²) in [6, 6.07) is 21.3. The molecule has 0 N–H and O–H groups in total. The molecule has 40 heavy (non-hydrogen) atoms. The molecule has 7 rings (SSSR count). The van der Waals surface area contributed by atoms with Crippen molar-refractivity contribution >= 4 is 33.4 Å². The standard InChI is InChI=1S/C31H28F2NO4S.BrH/c32-24-8-3-6-22(15-24)30(23-7-4-9-25(33)16-23)38-31(36)37-27-19-34(13-11-20(27)12-14-34)18-26(35)29-17-21-5-1-2-10-28(21)39-29;/h1-10,15-17,20,27,30H,11-14,18-19H2;1H/q+1;/p-1/t20?,27-,34?;/m0./s1. The fourth-order valence-corrected chi connectivity index (χ4v) is 6.99. The van der Waals surface area contributed by atoms with Crippen molar-refractivity contribution in [3.05, 3.63) is 107 Å². The van der Waals surface area contributed by atoms with Gasteiger partial charge in [-0.15, -0.1) is 11.3 Å². The minimum absolute atomic E-state index is 0. The van der Waals surface area contributed by atoms with E-state index in [9.17, 15) is 18.4 Å². The van der Waals surface area contributed by atoms with Crippen LogP contribution >= 0.6 is 11.3 Å². The van der Waals surface area contributed by atoms with Crippen molar-refractivity contribution in [3.8, 4) is 0 Å². The number of halogens is 3. The van der Waals surface area contributed by atoms with Crippen LogP contribution < -0.4 is 17.0 Å². The number of ketones is 1. The third-order valence-corrected chi connectivity index (χ3v) is 9.14. The molecule has 3 aliphatic heterocycles. The van der Waals surface area contributed by atoms with Gasteiger partial charge in [-0.1, -0.05) is 42.5 Å². The second-order valence-corrected chi connectivity index (χ2v) is 11.6. The van der Waals surface area contributed by atoms with Gasteiger partial charge in [0.25, 0.3) is 0 Å². The number of hydrogen-bond acceptors (Lipinski definition) is 5. The largest absolute Gasteiger partial charge is 1.00 e. The summed E-state index contributed by atoms with van der Waals surface area (Å²) in [7, 11) is 0. The Morgan fingerprint density at radius 2 is 1.55 bits per heavy atom. The predicted octanol–water partition coefficient (Wildman–Crippen LogP) is 3.92. The van der Waals surface area contributed by atoms with Gasteiger partial charge in [0.2, 0.25) is 5.78 Å². The summed E-state index contributed by atoms with van der Waals surface area (Å²) in [6.45, 7) is 2.64. The summed E-state index contributed by atoms with van der Waals surface area (Å²) in [6.07, 6.45) is -0.594. The number of piperidine rings is 3. The number of thiophene rings is 1. The summed E-state index contributed by atoms with van der Waals surface area (Å²) >= 11 is 1.51. The van der Waals surface area contributed by atoms with Crippen LogP contribution in [0.4, 0.5) is 13.6 Å². The van der Waals surface area contributed by atoms with Crippen molar-refractivity contribution in [1.82, 2.24) is 0 Å². The summed E-state index contributed by atoms with van der Waals surface area (Å²) in [5.41, 5.74) is 0.757. The van der Waals surface area contributed by atoms with Crippen LogP contribution in [0, 0.1) is 17.6 Å². The average Bonchev–Trinajstić information content (AvgIpc) is 3.37. The topological polar surface area (TPSA) is 52.6 Å². The van der Waals surface area contributed by atoms with E-state index in [4.69, 9.17) is 9.47 Å². The Labute approximate surface area is 245 Å². The van der Waals surface area contributed by atoms with Crippen molar-refractivity contribution in [2.75, 3.05) is 26.2 Å². The van der Waals surface area contributed by atoms with Crippen LogP contribution in [0.2, 0.25) is 0 Å². The van der Waals surface area contributed by atoms with Crippen LogP contribution in [0.3, 0.4) is 0 Å². The number of ether oxygens (including phenoxy) is 2. The molecule has 2 bridgehead atoms. The van der Waals surface area contributed by atoms with Gasteiger partial charge in [0.15, 0.2) is 12.2 Å². The van der Waals surface area contributed by atoms with Gasteiger partial charge in [-0.2, -0.15) is 0 Å². The van der Waals surface area contributed by atoms with E-state index < -0.39 is 30.0 Å². The third kappa shape index (κ3) is 5.96. The van der Waals surface area contributed by atoms with E-state index in [2.05, 4.69) is 0 Å². The number of fused-ring (bicyclic) bond motifs is 4. The van der Waals surface area contributed by atoms with Crippen molar-refractivity contribution in [1.29, 1.82) is 0 Å². The van der Waals surface area contributed by atoms with E-state index in [0.29, 0.717) is 28.7 Å². The number of hydrogen-bond donors (Lipinski definition) is 0. The minimum Gasteiger partial charge on any atom is -1.00 e. The summed E-state index contributed by atoms with van der Waals surface area (Å²) in [5.74, 6) is -0.676. The molecule has 3 aliphatic rings. The Kier molecular flexibility index (Phi) is 8.35. The molecule has 3 saturated heterocycles. The number of carbonyl (C=O) groups excluding carboxylic acids is 2. The molecular formula is C31H28BrF2NO4S. The first-order chi connectivity index (χ1) is 18.9. The Morgan fingerprint density at radius 1 is 0.900 bits per heavy atom. The highest BCUT2D eigenvalue weighted by Gasteiger charge is 2.49. The molecule has 3 aromatic carbocycles. The van der Waals surface area contributed by atoms with E-state index >= 15 is 0 Å². The lowest BCUT2D eigenvalue weighted by atomic mass is 9.83. The molecule has 0 radical (unpaired) electrons. The third-order valence-electron chi connectivity index (χ3n) is 7.99. The highest BCUT2D eigenvalue weighted by molar-refractivity contribution is 7.20. The lowest BCUT2D eigenvalue weighted by Crippen LogP contribution is -3.00. The van der Waals surface area contributed by atoms with E-state index in [1.54, 1.807) is 12.1 Å². The zero-order valence-corrected chi connectivity index (χ0v) is 24.0. The number of benzene rings is 3. The number of Topliss-reactive ketones (excluding diaryl/α,β-unsaturated/α-hetero) is 1. The second kappa shape index (κ2) is 11.8. The Balaban J connectivity index is 0.00000323. The van der Waals surface area contributed by atoms with Gasteiger partial charge in [-0.05, 0) is 41.8 Å².